The maximum Gasteiger partial charge on any atom is 0.132 e. The molecular weight excluding hydrogens is 421 g/mol. The van der Waals surface area contributed by atoms with E-state index in [1.807, 2.05) is 6.07 Å². The van der Waals surface area contributed by atoms with Gasteiger partial charge in [-0.05, 0) is 63.0 Å². The van der Waals surface area contributed by atoms with E-state index in [-0.39, 0.29) is 11.9 Å². The van der Waals surface area contributed by atoms with Gasteiger partial charge in [0.1, 0.15) is 11.6 Å². The number of benzene rings is 1. The minimum atomic E-state index is -0.261. The molecule has 114 valence electrons. The van der Waals surface area contributed by atoms with Crippen molar-refractivity contribution < 1.29 is 9.13 Å². The lowest BCUT2D eigenvalue weighted by Crippen LogP contribution is -2.24. The van der Waals surface area contributed by atoms with E-state index in [1.54, 1.807) is 30.6 Å². The highest BCUT2D eigenvalue weighted by Gasteiger charge is 2.24. The molecule has 0 spiro atoms. The topological polar surface area (TPSA) is 21.3 Å². The maximum atomic E-state index is 14.4. The Morgan fingerprint density at radius 2 is 2.14 bits per heavy atom. The average Bonchev–Trinajstić information content (AvgIpc) is 2.80. The number of methoxy groups -OCH3 is 1. The molecule has 1 aromatic carbocycles. The average molecular weight is 437 g/mol. The lowest BCUT2D eigenvalue weighted by molar-refractivity contribution is 0.397. The van der Waals surface area contributed by atoms with Crippen LogP contribution in [0.15, 0.2) is 32.5 Å². The van der Waals surface area contributed by atoms with Crippen molar-refractivity contribution in [3.63, 3.8) is 0 Å². The van der Waals surface area contributed by atoms with Crippen LogP contribution in [-0.2, 0) is 0 Å². The van der Waals surface area contributed by atoms with Crippen molar-refractivity contribution in [2.24, 2.45) is 0 Å². The number of ether oxygens (including phenoxy) is 1. The first-order valence-corrected chi connectivity index (χ1v) is 8.99. The molecular formula is C15H16Br2FNOS. The van der Waals surface area contributed by atoms with E-state index in [1.165, 1.54) is 6.07 Å². The van der Waals surface area contributed by atoms with Gasteiger partial charge < -0.3 is 10.1 Å². The Morgan fingerprint density at radius 3 is 2.71 bits per heavy atom. The Hall–Kier alpha value is -0.430. The summed E-state index contributed by atoms with van der Waals surface area (Å²) in [5, 5.41) is 3.41. The van der Waals surface area contributed by atoms with Gasteiger partial charge in [-0.25, -0.2) is 4.39 Å². The summed E-state index contributed by atoms with van der Waals surface area (Å²) in [6, 6.07) is 6.70. The van der Waals surface area contributed by atoms with Crippen LogP contribution in [0.2, 0.25) is 0 Å². The van der Waals surface area contributed by atoms with Crippen LogP contribution in [0.5, 0.6) is 5.75 Å². The number of rotatable bonds is 6. The van der Waals surface area contributed by atoms with Gasteiger partial charge in [-0.2, -0.15) is 0 Å². The van der Waals surface area contributed by atoms with Gasteiger partial charge in [0.05, 0.1) is 22.5 Å². The fourth-order valence-electron chi connectivity index (χ4n) is 2.11. The molecule has 0 saturated heterocycles. The second-order valence-corrected chi connectivity index (χ2v) is 7.77. The van der Waals surface area contributed by atoms with Crippen molar-refractivity contribution in [3.05, 3.63) is 48.8 Å². The number of thiophene rings is 1. The summed E-state index contributed by atoms with van der Waals surface area (Å²) < 4.78 is 21.7. The van der Waals surface area contributed by atoms with Crippen LogP contribution >= 0.6 is 43.2 Å². The van der Waals surface area contributed by atoms with Crippen LogP contribution < -0.4 is 10.1 Å². The molecule has 21 heavy (non-hydrogen) atoms. The Bertz CT molecular complexity index is 598. The largest absolute Gasteiger partial charge is 0.496 e. The van der Waals surface area contributed by atoms with Crippen molar-refractivity contribution in [1.82, 2.24) is 5.32 Å². The van der Waals surface area contributed by atoms with E-state index in [0.29, 0.717) is 11.3 Å². The van der Waals surface area contributed by atoms with E-state index >= 15 is 0 Å². The van der Waals surface area contributed by atoms with E-state index in [0.717, 1.165) is 26.1 Å². The quantitative estimate of drug-likeness (QED) is 0.644. The standard InChI is InChI=1S/C15H16Br2FNOS/c1-3-7-19-14(12-8-9(16)15(17)21-12)13-10(18)5-4-6-11(13)20-2/h4-6,8,14,19H,3,7H2,1-2H3. The molecule has 1 atom stereocenters. The summed E-state index contributed by atoms with van der Waals surface area (Å²) in [5.41, 5.74) is 0.551. The highest BCUT2D eigenvalue weighted by Crippen LogP contribution is 2.40. The summed E-state index contributed by atoms with van der Waals surface area (Å²) in [6.07, 6.45) is 0.973. The third-order valence-corrected chi connectivity index (χ3v) is 6.39. The van der Waals surface area contributed by atoms with Crippen molar-refractivity contribution >= 4 is 43.2 Å². The first kappa shape index (κ1) is 16.9. The Morgan fingerprint density at radius 1 is 1.38 bits per heavy atom. The van der Waals surface area contributed by atoms with Crippen molar-refractivity contribution in [2.75, 3.05) is 13.7 Å². The van der Waals surface area contributed by atoms with E-state index < -0.39 is 0 Å². The van der Waals surface area contributed by atoms with Gasteiger partial charge in [0, 0.05) is 9.35 Å². The fraction of sp³-hybridized carbons (Fsp3) is 0.333. The predicted molar refractivity (Wildman–Crippen MR) is 92.8 cm³/mol. The smallest absolute Gasteiger partial charge is 0.132 e. The summed E-state index contributed by atoms with van der Waals surface area (Å²) in [6.45, 7) is 2.89. The molecule has 2 aromatic rings. The molecule has 0 amide bonds. The van der Waals surface area contributed by atoms with Crippen LogP contribution in [0.25, 0.3) is 0 Å². The number of hydrogen-bond donors (Lipinski definition) is 1. The Balaban J connectivity index is 2.50. The van der Waals surface area contributed by atoms with Crippen LogP contribution in [0.4, 0.5) is 4.39 Å². The van der Waals surface area contributed by atoms with Crippen molar-refractivity contribution in [1.29, 1.82) is 0 Å². The van der Waals surface area contributed by atoms with Gasteiger partial charge in [0.2, 0.25) is 0 Å². The van der Waals surface area contributed by atoms with Gasteiger partial charge in [-0.3, -0.25) is 0 Å². The fourth-order valence-corrected chi connectivity index (χ4v) is 4.29. The van der Waals surface area contributed by atoms with Crippen LogP contribution in [0.3, 0.4) is 0 Å². The zero-order valence-electron chi connectivity index (χ0n) is 11.8. The first-order chi connectivity index (χ1) is 10.1. The third-order valence-electron chi connectivity index (χ3n) is 3.07. The summed E-state index contributed by atoms with van der Waals surface area (Å²) >= 11 is 8.57. The molecule has 0 aliphatic rings. The second-order valence-electron chi connectivity index (χ2n) is 4.51. The molecule has 1 N–H and O–H groups in total. The summed E-state index contributed by atoms with van der Waals surface area (Å²) in [4.78, 5) is 1.03. The van der Waals surface area contributed by atoms with Gasteiger partial charge >= 0.3 is 0 Å². The van der Waals surface area contributed by atoms with Crippen LogP contribution in [0.1, 0.15) is 29.8 Å². The monoisotopic (exact) mass is 435 g/mol. The van der Waals surface area contributed by atoms with Crippen molar-refractivity contribution in [3.8, 4) is 5.75 Å². The molecule has 1 aromatic heterocycles. The zero-order valence-corrected chi connectivity index (χ0v) is 15.7. The lowest BCUT2D eigenvalue weighted by Gasteiger charge is -2.20. The molecule has 1 heterocycles. The van der Waals surface area contributed by atoms with Crippen LogP contribution in [0, 0.1) is 5.82 Å². The Kier molecular flexibility index (Phi) is 6.22. The van der Waals surface area contributed by atoms with Crippen molar-refractivity contribution in [2.45, 2.75) is 19.4 Å². The SMILES string of the molecule is CCCNC(c1cc(Br)c(Br)s1)c1c(F)cccc1OC. The molecule has 0 aliphatic carbocycles. The number of nitrogens with one attached hydrogen (secondary N) is 1. The minimum absolute atomic E-state index is 0.228. The maximum absolute atomic E-state index is 14.4. The van der Waals surface area contributed by atoms with Gasteiger partial charge in [0.15, 0.2) is 0 Å². The normalized spacial score (nSPS) is 12.4. The van der Waals surface area contributed by atoms with Crippen LogP contribution in [-0.4, -0.2) is 13.7 Å². The molecule has 0 radical (unpaired) electrons. The van der Waals surface area contributed by atoms with Gasteiger partial charge in [-0.1, -0.05) is 13.0 Å². The minimum Gasteiger partial charge on any atom is -0.496 e. The van der Waals surface area contributed by atoms with E-state index in [4.69, 9.17) is 4.74 Å². The Labute approximate surface area is 145 Å². The molecule has 6 heteroatoms. The molecule has 0 bridgehead atoms. The molecule has 1 unspecified atom stereocenters. The number of halogens is 3. The lowest BCUT2D eigenvalue weighted by atomic mass is 10.0. The molecule has 0 fully saturated rings. The molecule has 0 saturated carbocycles. The van der Waals surface area contributed by atoms with E-state index in [2.05, 4.69) is 44.1 Å². The number of hydrogen-bond acceptors (Lipinski definition) is 3. The second kappa shape index (κ2) is 7.72. The first-order valence-electron chi connectivity index (χ1n) is 6.59. The predicted octanol–water partition coefficient (Wildman–Crippen LogP) is 5.51. The van der Waals surface area contributed by atoms with Gasteiger partial charge in [0.25, 0.3) is 0 Å². The van der Waals surface area contributed by atoms with Gasteiger partial charge in [-0.15, -0.1) is 11.3 Å². The highest BCUT2D eigenvalue weighted by atomic mass is 79.9. The molecule has 2 nitrogen and oxygen atoms in total. The third kappa shape index (κ3) is 3.86. The summed E-state index contributed by atoms with van der Waals surface area (Å²) in [5.74, 6) is 0.299. The highest BCUT2D eigenvalue weighted by molar-refractivity contribution is 9.13. The molecule has 0 aliphatic heterocycles. The summed E-state index contributed by atoms with van der Waals surface area (Å²) in [7, 11) is 1.56. The van der Waals surface area contributed by atoms with E-state index in [9.17, 15) is 4.39 Å². The molecule has 2 rings (SSSR count). The zero-order chi connectivity index (χ0) is 15.4.